The SMILES string of the molecule is N.O.[Hf].[SiH4].[Zr]. The summed E-state index contributed by atoms with van der Waals surface area (Å²) < 4.78 is 0. The van der Waals surface area contributed by atoms with E-state index in [0.29, 0.717) is 0 Å². The Morgan fingerprint density at radius 2 is 1.00 bits per heavy atom. The molecule has 0 radical (unpaired) electrons. The first-order valence-corrected chi connectivity index (χ1v) is 0. The van der Waals surface area contributed by atoms with Crippen LogP contribution in [0.1, 0.15) is 0 Å². The molecule has 0 aliphatic rings. The molecule has 5 heteroatoms. The van der Waals surface area contributed by atoms with Gasteiger partial charge in [-0.1, -0.05) is 0 Å². The van der Waals surface area contributed by atoms with Crippen molar-refractivity contribution in [2.24, 2.45) is 0 Å². The quantitative estimate of drug-likeness (QED) is 0.505. The topological polar surface area (TPSA) is 66.5 Å². The fourth-order valence-corrected chi connectivity index (χ4v) is 0. The fourth-order valence-electron chi connectivity index (χ4n) is 0. The van der Waals surface area contributed by atoms with E-state index in [0.717, 1.165) is 0 Å². The van der Waals surface area contributed by atoms with Gasteiger partial charge in [-0.3, -0.25) is 0 Å². The van der Waals surface area contributed by atoms with Crippen LogP contribution in [-0.2, 0) is 52.0 Å². The molecule has 0 aromatic rings. The summed E-state index contributed by atoms with van der Waals surface area (Å²) >= 11 is 0. The van der Waals surface area contributed by atoms with Crippen molar-refractivity contribution in [1.29, 1.82) is 0 Å². The summed E-state index contributed by atoms with van der Waals surface area (Å²) in [6.45, 7) is 0. The van der Waals surface area contributed by atoms with Crippen LogP contribution in [0.2, 0.25) is 0 Å². The molecular weight excluding hydrogens is 328 g/mol. The minimum atomic E-state index is 0. The Morgan fingerprint density at radius 3 is 1.00 bits per heavy atom. The zero-order chi connectivity index (χ0) is 0. The van der Waals surface area contributed by atoms with Gasteiger partial charge in [0.1, 0.15) is 0 Å². The first-order chi connectivity index (χ1) is 0. The first kappa shape index (κ1) is 66.9. The molecule has 2 nitrogen and oxygen atoms in total. The second-order valence-corrected chi connectivity index (χ2v) is 0. The van der Waals surface area contributed by atoms with Crippen molar-refractivity contribution in [2.45, 2.75) is 0 Å². The maximum Gasteiger partial charge on any atom is 0 e. The van der Waals surface area contributed by atoms with Crippen molar-refractivity contribution in [1.82, 2.24) is 6.15 Å². The third-order valence-corrected chi connectivity index (χ3v) is 0. The average Bonchev–Trinajstić information content (AvgIpc) is 0. The van der Waals surface area contributed by atoms with E-state index in [1.54, 1.807) is 0 Å². The van der Waals surface area contributed by atoms with Crippen molar-refractivity contribution in [3.8, 4) is 0 Å². The third kappa shape index (κ3) is 24.9. The predicted molar refractivity (Wildman–Crippen MR) is 20.0 cm³/mol. The molecule has 5 N–H and O–H groups in total. The van der Waals surface area contributed by atoms with Crippen LogP contribution < -0.4 is 6.15 Å². The van der Waals surface area contributed by atoms with Crippen molar-refractivity contribution in [2.75, 3.05) is 0 Å². The average molecular weight is 337 g/mol. The summed E-state index contributed by atoms with van der Waals surface area (Å²) in [6.07, 6.45) is 0. The summed E-state index contributed by atoms with van der Waals surface area (Å²) in [6, 6.07) is 0. The van der Waals surface area contributed by atoms with E-state index in [9.17, 15) is 0 Å². The van der Waals surface area contributed by atoms with Crippen LogP contribution in [0.3, 0.4) is 0 Å². The van der Waals surface area contributed by atoms with E-state index in [1.807, 2.05) is 0 Å². The molecule has 0 aromatic heterocycles. The third-order valence-electron chi connectivity index (χ3n) is 0. The fraction of sp³-hybridized carbons (Fsp3) is 0. The first-order valence-electron chi connectivity index (χ1n) is 0. The summed E-state index contributed by atoms with van der Waals surface area (Å²) in [5.74, 6) is 0. The Kier molecular flexibility index (Phi) is 528. The maximum atomic E-state index is 0. The molecule has 0 bridgehead atoms. The molecule has 0 fully saturated rings. The molecule has 0 saturated carbocycles. The molecular formula is H9HfNOSiZr. The number of hydrogen-bond donors (Lipinski definition) is 1. The van der Waals surface area contributed by atoms with Crippen LogP contribution in [0.15, 0.2) is 0 Å². The summed E-state index contributed by atoms with van der Waals surface area (Å²) in [5, 5.41) is 0. The van der Waals surface area contributed by atoms with Crippen molar-refractivity contribution in [3.05, 3.63) is 0 Å². The molecule has 5 heavy (non-hydrogen) atoms. The van der Waals surface area contributed by atoms with E-state index >= 15 is 0 Å². The molecule has 0 amide bonds. The van der Waals surface area contributed by atoms with Gasteiger partial charge in [-0.05, 0) is 11.0 Å². The number of hydrogen-bond acceptors (Lipinski definition) is 1. The monoisotopic (exact) mass is 337 g/mol. The second-order valence-electron chi connectivity index (χ2n) is 0. The van der Waals surface area contributed by atoms with Gasteiger partial charge in [0.25, 0.3) is 0 Å². The van der Waals surface area contributed by atoms with Crippen LogP contribution in [0.5, 0.6) is 0 Å². The molecule has 0 saturated heterocycles. The molecule has 0 rings (SSSR count). The molecule has 0 unspecified atom stereocenters. The van der Waals surface area contributed by atoms with Gasteiger partial charge in [-0.25, -0.2) is 0 Å². The Hall–Kier alpha value is 1.89. The van der Waals surface area contributed by atoms with Crippen LogP contribution in [-0.4, -0.2) is 16.4 Å². The summed E-state index contributed by atoms with van der Waals surface area (Å²) in [4.78, 5) is 0. The van der Waals surface area contributed by atoms with E-state index in [1.165, 1.54) is 0 Å². The molecule has 0 heterocycles. The normalized spacial score (nSPS) is 0. The zero-order valence-electron chi connectivity index (χ0n) is 2.21. The van der Waals surface area contributed by atoms with Crippen LogP contribution in [0.4, 0.5) is 0 Å². The Labute approximate surface area is 73.9 Å². The van der Waals surface area contributed by atoms with Gasteiger partial charge in [-0.2, -0.15) is 0 Å². The van der Waals surface area contributed by atoms with Crippen molar-refractivity contribution >= 4 is 11.0 Å². The van der Waals surface area contributed by atoms with E-state index in [-0.39, 0.29) is 74.6 Å². The molecule has 0 aliphatic heterocycles. The molecule has 32 valence electrons. The molecule has 0 aromatic carbocycles. The van der Waals surface area contributed by atoms with Gasteiger partial charge in [-0.15, -0.1) is 0 Å². The Bertz CT molecular complexity index is 11.6. The van der Waals surface area contributed by atoms with Gasteiger partial charge in [0, 0.05) is 52.0 Å². The maximum absolute atomic E-state index is 0. The Morgan fingerprint density at radius 1 is 1.00 bits per heavy atom. The van der Waals surface area contributed by atoms with Gasteiger partial charge in [0.15, 0.2) is 0 Å². The van der Waals surface area contributed by atoms with Gasteiger partial charge >= 0.3 is 0 Å². The standard InChI is InChI=1S/Hf.H3N.H2O.H4Si.Zr/h;1H3;1H2;1H4;. The minimum absolute atomic E-state index is 0. The van der Waals surface area contributed by atoms with Gasteiger partial charge < -0.3 is 11.6 Å². The largest absolute Gasteiger partial charge is 0.412 e. The molecule has 0 aliphatic carbocycles. The van der Waals surface area contributed by atoms with Gasteiger partial charge in [0.05, 0.1) is 0 Å². The van der Waals surface area contributed by atoms with Gasteiger partial charge in [0.2, 0.25) is 0 Å². The Balaban J connectivity index is 0. The molecule has 0 atom stereocenters. The minimum Gasteiger partial charge on any atom is -0.412 e. The second kappa shape index (κ2) is 39.4. The van der Waals surface area contributed by atoms with Crippen LogP contribution in [0, 0.1) is 0 Å². The smallest absolute Gasteiger partial charge is 0 e. The van der Waals surface area contributed by atoms with E-state index < -0.39 is 0 Å². The van der Waals surface area contributed by atoms with E-state index in [4.69, 9.17) is 0 Å². The van der Waals surface area contributed by atoms with Crippen LogP contribution in [0.25, 0.3) is 0 Å². The van der Waals surface area contributed by atoms with Crippen LogP contribution >= 0.6 is 0 Å². The zero-order valence-corrected chi connectivity index (χ0v) is 8.26. The predicted octanol–water partition coefficient (Wildman–Crippen LogP) is -2.12. The number of rotatable bonds is 0. The summed E-state index contributed by atoms with van der Waals surface area (Å²) in [5.41, 5.74) is 0. The summed E-state index contributed by atoms with van der Waals surface area (Å²) in [7, 11) is 0. The van der Waals surface area contributed by atoms with E-state index in [2.05, 4.69) is 0 Å². The molecule has 0 spiro atoms. The van der Waals surface area contributed by atoms with Crippen molar-refractivity contribution in [3.63, 3.8) is 0 Å². The van der Waals surface area contributed by atoms with Crippen molar-refractivity contribution < 1.29 is 57.5 Å².